The molecule has 0 aliphatic carbocycles. The van der Waals surface area contributed by atoms with Gasteiger partial charge in [0.25, 0.3) is 0 Å². The zero-order valence-corrected chi connectivity index (χ0v) is 11.9. The van der Waals surface area contributed by atoms with Gasteiger partial charge in [-0.05, 0) is 31.2 Å². The molecular formula is C16H17N3O2. The number of furan rings is 1. The first kappa shape index (κ1) is 13.6. The molecule has 3 rings (SSSR count). The minimum Gasteiger partial charge on any atom is -0.457 e. The van der Waals surface area contributed by atoms with Crippen molar-refractivity contribution >= 4 is 16.8 Å². The minimum atomic E-state index is -0.0836. The molecule has 0 aliphatic rings. The van der Waals surface area contributed by atoms with Gasteiger partial charge < -0.3 is 14.7 Å². The van der Waals surface area contributed by atoms with Crippen molar-refractivity contribution in [1.29, 1.82) is 0 Å². The Morgan fingerprint density at radius 3 is 2.81 bits per heavy atom. The highest BCUT2D eigenvalue weighted by atomic mass is 16.3. The van der Waals surface area contributed by atoms with Crippen molar-refractivity contribution in [1.82, 2.24) is 9.55 Å². The molecule has 2 N–H and O–H groups in total. The van der Waals surface area contributed by atoms with Crippen LogP contribution >= 0.6 is 0 Å². The van der Waals surface area contributed by atoms with Crippen LogP contribution in [0.5, 0.6) is 0 Å². The highest BCUT2D eigenvalue weighted by molar-refractivity contribution is 5.95. The van der Waals surface area contributed by atoms with Crippen LogP contribution in [0.25, 0.3) is 11.0 Å². The molecule has 0 bridgehead atoms. The van der Waals surface area contributed by atoms with Crippen molar-refractivity contribution in [2.75, 3.05) is 0 Å². The molecule has 0 spiro atoms. The number of Topliss-reactive ketones (excluding diaryl/α,β-unsaturated/α-hetero) is 1. The third-order valence-corrected chi connectivity index (χ3v) is 3.51. The fourth-order valence-electron chi connectivity index (χ4n) is 2.48. The SMILES string of the molecule is CCn1c(CC(=O)c2ccc(CN)o2)nc2ccccc21. The molecule has 0 aliphatic heterocycles. The van der Waals surface area contributed by atoms with E-state index in [1.165, 1.54) is 0 Å². The van der Waals surface area contributed by atoms with Gasteiger partial charge in [-0.2, -0.15) is 0 Å². The monoisotopic (exact) mass is 283 g/mol. The Balaban J connectivity index is 1.92. The minimum absolute atomic E-state index is 0.0836. The van der Waals surface area contributed by atoms with E-state index >= 15 is 0 Å². The number of para-hydroxylation sites is 2. The van der Waals surface area contributed by atoms with Crippen molar-refractivity contribution in [3.63, 3.8) is 0 Å². The highest BCUT2D eigenvalue weighted by Gasteiger charge is 2.16. The molecule has 0 amide bonds. The molecule has 0 unspecified atom stereocenters. The number of aryl methyl sites for hydroxylation is 1. The molecule has 21 heavy (non-hydrogen) atoms. The Bertz CT molecular complexity index is 786. The van der Waals surface area contributed by atoms with Crippen LogP contribution in [-0.4, -0.2) is 15.3 Å². The van der Waals surface area contributed by atoms with Gasteiger partial charge in [-0.3, -0.25) is 4.79 Å². The fraction of sp³-hybridized carbons (Fsp3) is 0.250. The number of ketones is 1. The summed E-state index contributed by atoms with van der Waals surface area (Å²) in [7, 11) is 0. The zero-order valence-electron chi connectivity index (χ0n) is 11.9. The van der Waals surface area contributed by atoms with Crippen molar-refractivity contribution < 1.29 is 9.21 Å². The standard InChI is InChI=1S/C16H17N3O2/c1-2-19-13-6-4-3-5-12(13)18-16(19)9-14(20)15-8-7-11(10-17)21-15/h3-8H,2,9-10,17H2,1H3. The number of imidazole rings is 1. The molecule has 5 heteroatoms. The average molecular weight is 283 g/mol. The summed E-state index contributed by atoms with van der Waals surface area (Å²) in [5.41, 5.74) is 7.44. The van der Waals surface area contributed by atoms with Crippen LogP contribution in [-0.2, 0) is 19.5 Å². The fourth-order valence-corrected chi connectivity index (χ4v) is 2.48. The summed E-state index contributed by atoms with van der Waals surface area (Å²) in [5.74, 6) is 1.63. The first-order chi connectivity index (χ1) is 10.2. The van der Waals surface area contributed by atoms with E-state index in [-0.39, 0.29) is 12.2 Å². The summed E-state index contributed by atoms with van der Waals surface area (Å²) in [6, 6.07) is 11.3. The van der Waals surface area contributed by atoms with E-state index in [1.807, 2.05) is 31.2 Å². The smallest absolute Gasteiger partial charge is 0.205 e. The molecule has 0 saturated heterocycles. The summed E-state index contributed by atoms with van der Waals surface area (Å²) in [6.07, 6.45) is 0.222. The van der Waals surface area contributed by atoms with Crippen LogP contribution < -0.4 is 5.73 Å². The zero-order chi connectivity index (χ0) is 14.8. The topological polar surface area (TPSA) is 74.0 Å². The Kier molecular flexibility index (Phi) is 3.58. The number of aromatic nitrogens is 2. The number of fused-ring (bicyclic) bond motifs is 1. The van der Waals surface area contributed by atoms with Crippen LogP contribution in [0.1, 0.15) is 29.1 Å². The second-order valence-corrected chi connectivity index (χ2v) is 4.83. The van der Waals surface area contributed by atoms with Gasteiger partial charge in [0.05, 0.1) is 24.0 Å². The van der Waals surface area contributed by atoms with E-state index in [1.54, 1.807) is 12.1 Å². The van der Waals surface area contributed by atoms with Crippen LogP contribution in [0.2, 0.25) is 0 Å². The number of rotatable bonds is 5. The molecule has 5 nitrogen and oxygen atoms in total. The molecule has 0 saturated carbocycles. The summed E-state index contributed by atoms with van der Waals surface area (Å²) in [5, 5.41) is 0. The lowest BCUT2D eigenvalue weighted by Gasteiger charge is -2.04. The maximum atomic E-state index is 12.3. The second kappa shape index (κ2) is 5.54. The van der Waals surface area contributed by atoms with Gasteiger partial charge in [0.15, 0.2) is 5.76 Å². The van der Waals surface area contributed by atoms with Crippen molar-refractivity contribution in [2.24, 2.45) is 5.73 Å². The Hall–Kier alpha value is -2.40. The number of carbonyl (C=O) groups excluding carboxylic acids is 1. The van der Waals surface area contributed by atoms with E-state index in [0.29, 0.717) is 18.1 Å². The average Bonchev–Trinajstić information content (AvgIpc) is 3.11. The molecule has 0 radical (unpaired) electrons. The Labute approximate surface area is 122 Å². The van der Waals surface area contributed by atoms with Crippen molar-refractivity contribution in [3.8, 4) is 0 Å². The lowest BCUT2D eigenvalue weighted by molar-refractivity contribution is 0.0961. The van der Waals surface area contributed by atoms with E-state index in [9.17, 15) is 4.79 Å². The summed E-state index contributed by atoms with van der Waals surface area (Å²) in [6.45, 7) is 3.11. The van der Waals surface area contributed by atoms with E-state index in [0.717, 1.165) is 23.4 Å². The lowest BCUT2D eigenvalue weighted by atomic mass is 10.2. The number of hydrogen-bond donors (Lipinski definition) is 1. The highest BCUT2D eigenvalue weighted by Crippen LogP contribution is 2.18. The predicted molar refractivity (Wildman–Crippen MR) is 80.0 cm³/mol. The number of hydrogen-bond acceptors (Lipinski definition) is 4. The largest absolute Gasteiger partial charge is 0.457 e. The molecule has 1 aromatic carbocycles. The second-order valence-electron chi connectivity index (χ2n) is 4.83. The molecule has 0 atom stereocenters. The normalized spacial score (nSPS) is 11.1. The first-order valence-electron chi connectivity index (χ1n) is 6.99. The van der Waals surface area contributed by atoms with Gasteiger partial charge in [-0.15, -0.1) is 0 Å². The summed E-state index contributed by atoms with van der Waals surface area (Å²) >= 11 is 0. The van der Waals surface area contributed by atoms with Gasteiger partial charge >= 0.3 is 0 Å². The maximum Gasteiger partial charge on any atom is 0.205 e. The van der Waals surface area contributed by atoms with Crippen molar-refractivity contribution in [2.45, 2.75) is 26.4 Å². The van der Waals surface area contributed by atoms with Crippen LogP contribution in [0.3, 0.4) is 0 Å². The molecule has 0 fully saturated rings. The molecular weight excluding hydrogens is 266 g/mol. The maximum absolute atomic E-state index is 12.3. The Morgan fingerprint density at radius 1 is 1.29 bits per heavy atom. The molecule has 3 aromatic rings. The molecule has 2 aromatic heterocycles. The van der Waals surface area contributed by atoms with E-state index in [2.05, 4.69) is 9.55 Å². The van der Waals surface area contributed by atoms with E-state index < -0.39 is 0 Å². The number of nitrogens with two attached hydrogens (primary N) is 1. The van der Waals surface area contributed by atoms with Gasteiger partial charge in [-0.25, -0.2) is 4.98 Å². The third kappa shape index (κ3) is 2.48. The van der Waals surface area contributed by atoms with Gasteiger partial charge in [0.2, 0.25) is 5.78 Å². The lowest BCUT2D eigenvalue weighted by Crippen LogP contribution is -2.09. The summed E-state index contributed by atoms with van der Waals surface area (Å²) < 4.78 is 7.46. The van der Waals surface area contributed by atoms with Crippen LogP contribution in [0.15, 0.2) is 40.8 Å². The molecule has 108 valence electrons. The van der Waals surface area contributed by atoms with Gasteiger partial charge in [-0.1, -0.05) is 12.1 Å². The number of nitrogens with zero attached hydrogens (tertiary/aromatic N) is 2. The molecule has 2 heterocycles. The number of carbonyl (C=O) groups is 1. The van der Waals surface area contributed by atoms with Crippen LogP contribution in [0, 0.1) is 0 Å². The number of benzene rings is 1. The predicted octanol–water partition coefficient (Wildman–Crippen LogP) is 2.53. The first-order valence-corrected chi connectivity index (χ1v) is 6.99. The van der Waals surface area contributed by atoms with Crippen molar-refractivity contribution in [3.05, 3.63) is 53.7 Å². The Morgan fingerprint density at radius 2 is 2.10 bits per heavy atom. The van der Waals surface area contributed by atoms with Gasteiger partial charge in [0, 0.05) is 6.54 Å². The van der Waals surface area contributed by atoms with E-state index in [4.69, 9.17) is 10.2 Å². The van der Waals surface area contributed by atoms with Crippen LogP contribution in [0.4, 0.5) is 0 Å². The summed E-state index contributed by atoms with van der Waals surface area (Å²) in [4.78, 5) is 16.9. The quantitative estimate of drug-likeness (QED) is 0.730. The van der Waals surface area contributed by atoms with Gasteiger partial charge in [0.1, 0.15) is 11.6 Å². The third-order valence-electron chi connectivity index (χ3n) is 3.51.